The molecule has 0 spiro atoms. The van der Waals surface area contributed by atoms with E-state index in [-0.39, 0.29) is 30.8 Å². The molecule has 21 heavy (non-hydrogen) atoms. The first-order chi connectivity index (χ1) is 9.67. The van der Waals surface area contributed by atoms with Gasteiger partial charge in [-0.15, -0.1) is 12.4 Å². The van der Waals surface area contributed by atoms with E-state index in [0.29, 0.717) is 25.6 Å². The van der Waals surface area contributed by atoms with Crippen molar-refractivity contribution < 1.29 is 9.59 Å². The van der Waals surface area contributed by atoms with E-state index >= 15 is 0 Å². The van der Waals surface area contributed by atoms with Crippen molar-refractivity contribution in [3.63, 3.8) is 0 Å². The molecule has 6 heteroatoms. The molecule has 0 radical (unpaired) electrons. The predicted molar refractivity (Wildman–Crippen MR) is 87.7 cm³/mol. The standard InChI is InChI=1S/C15H29N3O2.ClH/c1-3-9-17-14(19)12-18(11-4-2)15(20)8-7-13-6-5-10-16-13;/h13,16H,3-12H2,1-2H3,(H,17,19);1H. The van der Waals surface area contributed by atoms with Crippen molar-refractivity contribution in [2.24, 2.45) is 0 Å². The summed E-state index contributed by atoms with van der Waals surface area (Å²) in [5.74, 6) is 0.0554. The van der Waals surface area contributed by atoms with Crippen LogP contribution in [0.25, 0.3) is 0 Å². The van der Waals surface area contributed by atoms with E-state index in [1.807, 2.05) is 13.8 Å². The Kier molecular flexibility index (Phi) is 11.4. The lowest BCUT2D eigenvalue weighted by Crippen LogP contribution is -2.41. The van der Waals surface area contributed by atoms with E-state index in [1.165, 1.54) is 6.42 Å². The molecule has 0 bridgehead atoms. The van der Waals surface area contributed by atoms with Gasteiger partial charge in [0.25, 0.3) is 0 Å². The summed E-state index contributed by atoms with van der Waals surface area (Å²) in [6, 6.07) is 0.483. The lowest BCUT2D eigenvalue weighted by Gasteiger charge is -2.22. The number of carbonyl (C=O) groups excluding carboxylic acids is 2. The molecule has 2 amide bonds. The molecule has 1 saturated heterocycles. The summed E-state index contributed by atoms with van der Waals surface area (Å²) in [6.45, 7) is 6.66. The van der Waals surface area contributed by atoms with Crippen LogP contribution in [0, 0.1) is 0 Å². The zero-order valence-corrected chi connectivity index (χ0v) is 14.1. The van der Waals surface area contributed by atoms with Crippen molar-refractivity contribution in [2.75, 3.05) is 26.2 Å². The summed E-state index contributed by atoms with van der Waals surface area (Å²) in [7, 11) is 0. The number of nitrogens with zero attached hydrogens (tertiary/aromatic N) is 1. The first kappa shape index (κ1) is 20.2. The van der Waals surface area contributed by atoms with E-state index in [1.54, 1.807) is 4.90 Å². The van der Waals surface area contributed by atoms with Crippen LogP contribution in [0.1, 0.15) is 52.4 Å². The highest BCUT2D eigenvalue weighted by Crippen LogP contribution is 2.12. The minimum Gasteiger partial charge on any atom is -0.355 e. The Morgan fingerprint density at radius 1 is 1.29 bits per heavy atom. The Bertz CT molecular complexity index is 307. The first-order valence-corrected chi connectivity index (χ1v) is 7.95. The van der Waals surface area contributed by atoms with Gasteiger partial charge in [0.15, 0.2) is 0 Å². The zero-order valence-electron chi connectivity index (χ0n) is 13.3. The molecule has 1 heterocycles. The van der Waals surface area contributed by atoms with Crippen LogP contribution in [0.5, 0.6) is 0 Å². The third-order valence-electron chi connectivity index (χ3n) is 3.62. The van der Waals surface area contributed by atoms with Crippen molar-refractivity contribution in [3.8, 4) is 0 Å². The van der Waals surface area contributed by atoms with E-state index in [4.69, 9.17) is 0 Å². The van der Waals surface area contributed by atoms with Crippen molar-refractivity contribution in [3.05, 3.63) is 0 Å². The molecule has 0 aromatic carbocycles. The van der Waals surface area contributed by atoms with E-state index in [9.17, 15) is 9.59 Å². The molecule has 124 valence electrons. The summed E-state index contributed by atoms with van der Waals surface area (Å²) < 4.78 is 0. The normalized spacial score (nSPS) is 17.1. The van der Waals surface area contributed by atoms with Gasteiger partial charge in [0, 0.05) is 25.6 Å². The van der Waals surface area contributed by atoms with Crippen LogP contribution >= 0.6 is 12.4 Å². The maximum atomic E-state index is 12.2. The molecule has 1 fully saturated rings. The molecule has 1 unspecified atom stereocenters. The van der Waals surface area contributed by atoms with Gasteiger partial charge in [0.2, 0.25) is 11.8 Å². The average Bonchev–Trinajstić information content (AvgIpc) is 2.95. The topological polar surface area (TPSA) is 61.4 Å². The highest BCUT2D eigenvalue weighted by Gasteiger charge is 2.19. The Labute approximate surface area is 134 Å². The monoisotopic (exact) mass is 319 g/mol. The smallest absolute Gasteiger partial charge is 0.239 e. The molecule has 2 N–H and O–H groups in total. The largest absolute Gasteiger partial charge is 0.355 e. The lowest BCUT2D eigenvalue weighted by atomic mass is 10.1. The molecule has 1 aliphatic heterocycles. The van der Waals surface area contributed by atoms with Gasteiger partial charge in [-0.1, -0.05) is 13.8 Å². The molecule has 1 aliphatic rings. The second-order valence-electron chi connectivity index (χ2n) is 5.50. The number of amides is 2. The maximum Gasteiger partial charge on any atom is 0.239 e. The summed E-state index contributed by atoms with van der Waals surface area (Å²) in [4.78, 5) is 25.6. The summed E-state index contributed by atoms with van der Waals surface area (Å²) in [5.41, 5.74) is 0. The summed E-state index contributed by atoms with van der Waals surface area (Å²) >= 11 is 0. The Morgan fingerprint density at radius 2 is 2.05 bits per heavy atom. The van der Waals surface area contributed by atoms with E-state index in [2.05, 4.69) is 10.6 Å². The Morgan fingerprint density at radius 3 is 2.62 bits per heavy atom. The van der Waals surface area contributed by atoms with Crippen LogP contribution < -0.4 is 10.6 Å². The van der Waals surface area contributed by atoms with Gasteiger partial charge in [0.1, 0.15) is 0 Å². The first-order valence-electron chi connectivity index (χ1n) is 7.95. The zero-order chi connectivity index (χ0) is 14.8. The fraction of sp³-hybridized carbons (Fsp3) is 0.867. The van der Waals surface area contributed by atoms with Gasteiger partial charge >= 0.3 is 0 Å². The van der Waals surface area contributed by atoms with E-state index < -0.39 is 0 Å². The quantitative estimate of drug-likeness (QED) is 0.680. The molecule has 1 atom stereocenters. The Balaban J connectivity index is 0.00000400. The number of hydrogen-bond acceptors (Lipinski definition) is 3. The molecular formula is C15H30ClN3O2. The Hall–Kier alpha value is -0.810. The molecule has 1 rings (SSSR count). The number of rotatable bonds is 9. The highest BCUT2D eigenvalue weighted by molar-refractivity contribution is 5.85. The van der Waals surface area contributed by atoms with E-state index in [0.717, 1.165) is 32.2 Å². The van der Waals surface area contributed by atoms with Gasteiger partial charge in [-0.25, -0.2) is 0 Å². The molecular weight excluding hydrogens is 290 g/mol. The summed E-state index contributed by atoms with van der Waals surface area (Å²) in [5, 5.41) is 6.23. The van der Waals surface area contributed by atoms with Crippen molar-refractivity contribution in [1.29, 1.82) is 0 Å². The third kappa shape index (κ3) is 8.27. The fourth-order valence-corrected chi connectivity index (χ4v) is 2.51. The molecule has 0 aliphatic carbocycles. The SMILES string of the molecule is CCCNC(=O)CN(CCC)C(=O)CCC1CCCN1.Cl. The minimum absolute atomic E-state index is 0. The number of halogens is 1. The molecule has 0 aromatic rings. The van der Waals surface area contributed by atoms with Crippen LogP contribution in [0.15, 0.2) is 0 Å². The fourth-order valence-electron chi connectivity index (χ4n) is 2.51. The predicted octanol–water partition coefficient (Wildman–Crippen LogP) is 1.71. The average molecular weight is 320 g/mol. The van der Waals surface area contributed by atoms with Crippen molar-refractivity contribution in [2.45, 2.75) is 58.4 Å². The second kappa shape index (κ2) is 11.8. The second-order valence-corrected chi connectivity index (χ2v) is 5.50. The van der Waals surface area contributed by atoms with Crippen molar-refractivity contribution >= 4 is 24.2 Å². The molecule has 0 saturated carbocycles. The highest BCUT2D eigenvalue weighted by atomic mass is 35.5. The number of hydrogen-bond donors (Lipinski definition) is 2. The molecule has 0 aromatic heterocycles. The van der Waals surface area contributed by atoms with Crippen LogP contribution in [0.3, 0.4) is 0 Å². The minimum atomic E-state index is -0.0485. The van der Waals surface area contributed by atoms with Gasteiger partial charge in [-0.3, -0.25) is 9.59 Å². The van der Waals surface area contributed by atoms with Crippen LogP contribution in [-0.2, 0) is 9.59 Å². The van der Waals surface area contributed by atoms with Crippen LogP contribution in [0.4, 0.5) is 0 Å². The van der Waals surface area contributed by atoms with Crippen LogP contribution in [0.2, 0.25) is 0 Å². The van der Waals surface area contributed by atoms with Crippen molar-refractivity contribution in [1.82, 2.24) is 15.5 Å². The lowest BCUT2D eigenvalue weighted by molar-refractivity contribution is -0.136. The summed E-state index contributed by atoms with van der Waals surface area (Å²) in [6.07, 6.45) is 5.60. The maximum absolute atomic E-state index is 12.2. The number of nitrogens with one attached hydrogen (secondary N) is 2. The number of carbonyl (C=O) groups is 2. The molecule has 5 nitrogen and oxygen atoms in total. The van der Waals surface area contributed by atoms with Crippen LogP contribution in [-0.4, -0.2) is 48.9 Å². The third-order valence-corrected chi connectivity index (χ3v) is 3.62. The van der Waals surface area contributed by atoms with Gasteiger partial charge in [-0.05, 0) is 38.6 Å². The van der Waals surface area contributed by atoms with Gasteiger partial charge in [-0.2, -0.15) is 0 Å². The van der Waals surface area contributed by atoms with Gasteiger partial charge < -0.3 is 15.5 Å². The van der Waals surface area contributed by atoms with Gasteiger partial charge in [0.05, 0.1) is 6.54 Å².